The zero-order valence-electron chi connectivity index (χ0n) is 10.2. The molecule has 2 nitrogen and oxygen atoms in total. The van der Waals surface area contributed by atoms with Crippen molar-refractivity contribution in [1.82, 2.24) is 4.23 Å². The summed E-state index contributed by atoms with van der Waals surface area (Å²) in [5, 5.41) is 0. The zero-order chi connectivity index (χ0) is 10.6. The van der Waals surface area contributed by atoms with Crippen LogP contribution >= 0.6 is 0 Å². The lowest BCUT2D eigenvalue weighted by molar-refractivity contribution is 0.353. The summed E-state index contributed by atoms with van der Waals surface area (Å²) in [7, 11) is -0.432. The van der Waals surface area contributed by atoms with Gasteiger partial charge in [-0.1, -0.05) is 33.9 Å². The topological polar surface area (TPSA) is 12.5 Å². The highest BCUT2D eigenvalue weighted by Crippen LogP contribution is 2.19. The van der Waals surface area contributed by atoms with E-state index in [1.165, 1.54) is 6.04 Å². The third-order valence-corrected chi connectivity index (χ3v) is 11.7. The van der Waals surface area contributed by atoms with Crippen molar-refractivity contribution in [3.8, 4) is 0 Å². The molecule has 0 aliphatic rings. The van der Waals surface area contributed by atoms with E-state index in [1.54, 1.807) is 0 Å². The van der Waals surface area contributed by atoms with Crippen LogP contribution < -0.4 is 0 Å². The quantitative estimate of drug-likeness (QED) is 0.659. The van der Waals surface area contributed by atoms with Crippen LogP contribution in [0.25, 0.3) is 0 Å². The molecule has 0 aromatic heterocycles. The van der Waals surface area contributed by atoms with E-state index < -0.39 is 17.4 Å². The Balaban J connectivity index is 4.60. The predicted octanol–water partition coefficient (Wildman–Crippen LogP) is 2.42. The number of nitrogens with zero attached hydrogens (tertiary/aromatic N) is 1. The minimum Gasteiger partial charge on any atom is -0.409 e. The molecule has 0 aliphatic heterocycles. The highest BCUT2D eigenvalue weighted by atomic mass is 28.4. The summed E-state index contributed by atoms with van der Waals surface area (Å²) in [5.74, 6) is 0. The minimum absolute atomic E-state index is 0.642. The lowest BCUT2D eigenvalue weighted by Crippen LogP contribution is -2.58. The first-order valence-electron chi connectivity index (χ1n) is 5.18. The molecule has 1 atom stereocenters. The molecule has 1 unspecified atom stereocenters. The van der Waals surface area contributed by atoms with Crippen LogP contribution in [0.4, 0.5) is 0 Å². The van der Waals surface area contributed by atoms with Gasteiger partial charge in [0.25, 0.3) is 0 Å². The van der Waals surface area contributed by atoms with E-state index in [0.29, 0.717) is 6.04 Å². The van der Waals surface area contributed by atoms with Gasteiger partial charge in [-0.05, 0) is 18.6 Å². The molecule has 0 fully saturated rings. The summed E-state index contributed by atoms with van der Waals surface area (Å²) in [4.78, 5) is 0. The molecule has 0 saturated heterocycles. The molecule has 0 heterocycles. The maximum Gasteiger partial charge on any atom is 0.245 e. The normalized spacial score (nSPS) is 15.5. The minimum atomic E-state index is -1.18. The average Bonchev–Trinajstić information content (AvgIpc) is 2.03. The van der Waals surface area contributed by atoms with Gasteiger partial charge in [-0.15, -0.1) is 0 Å². The molecule has 0 N–H and O–H groups in total. The Kier molecular flexibility index (Phi) is 5.43. The van der Waals surface area contributed by atoms with Crippen molar-refractivity contribution in [1.29, 1.82) is 0 Å². The van der Waals surface area contributed by atoms with E-state index in [9.17, 15) is 0 Å². The molecule has 0 rings (SSSR count). The second-order valence-corrected chi connectivity index (χ2v) is 12.1. The second kappa shape index (κ2) is 5.29. The Bertz CT molecular complexity index is 151. The number of hydrogen-bond acceptors (Lipinski definition) is 2. The van der Waals surface area contributed by atoms with E-state index in [0.717, 1.165) is 0 Å². The van der Waals surface area contributed by atoms with Gasteiger partial charge in [-0.3, -0.25) is 0 Å². The smallest absolute Gasteiger partial charge is 0.245 e. The van der Waals surface area contributed by atoms with Crippen molar-refractivity contribution < 1.29 is 4.43 Å². The summed E-state index contributed by atoms with van der Waals surface area (Å²) < 4.78 is 8.25. The average molecular weight is 219 g/mol. The van der Waals surface area contributed by atoms with Crippen LogP contribution in [-0.2, 0) is 4.43 Å². The molecule has 4 heteroatoms. The maximum atomic E-state index is 5.56. The van der Waals surface area contributed by atoms with E-state index in [-0.39, 0.29) is 0 Å². The standard InChI is InChI=1S/C9H25NOSi2/c1-8-13(6,7)10(9(2)3)12(5)11-4/h9,12H,8H2,1-7H3. The number of hydrogen-bond donors (Lipinski definition) is 0. The molecular weight excluding hydrogens is 194 g/mol. The molecule has 0 aromatic rings. The first-order chi connectivity index (χ1) is 5.86. The molecule has 0 spiro atoms. The molecule has 0 aromatic carbocycles. The zero-order valence-corrected chi connectivity index (χ0v) is 12.4. The van der Waals surface area contributed by atoms with Crippen LogP contribution in [0.5, 0.6) is 0 Å². The largest absolute Gasteiger partial charge is 0.409 e. The van der Waals surface area contributed by atoms with E-state index in [4.69, 9.17) is 4.43 Å². The molecule has 0 bridgehead atoms. The first kappa shape index (κ1) is 13.4. The van der Waals surface area contributed by atoms with Crippen molar-refractivity contribution in [2.24, 2.45) is 0 Å². The Labute approximate surface area is 86.2 Å². The van der Waals surface area contributed by atoms with E-state index in [2.05, 4.69) is 44.6 Å². The Morgan fingerprint density at radius 2 is 1.85 bits per heavy atom. The monoisotopic (exact) mass is 219 g/mol. The van der Waals surface area contributed by atoms with Crippen LogP contribution in [-0.4, -0.2) is 34.8 Å². The summed E-state index contributed by atoms with van der Waals surface area (Å²) in [6, 6.07) is 1.95. The Morgan fingerprint density at radius 1 is 1.38 bits per heavy atom. The van der Waals surface area contributed by atoms with Gasteiger partial charge in [0.05, 0.1) is 0 Å². The van der Waals surface area contributed by atoms with Gasteiger partial charge in [0.15, 0.2) is 0 Å². The van der Waals surface area contributed by atoms with Crippen LogP contribution in [0.2, 0.25) is 25.7 Å². The van der Waals surface area contributed by atoms with Crippen LogP contribution in [0.3, 0.4) is 0 Å². The van der Waals surface area contributed by atoms with Crippen molar-refractivity contribution in [2.75, 3.05) is 7.11 Å². The fourth-order valence-electron chi connectivity index (χ4n) is 1.91. The Morgan fingerprint density at radius 3 is 2.08 bits per heavy atom. The van der Waals surface area contributed by atoms with Gasteiger partial charge in [-0.25, -0.2) is 0 Å². The Hall–Kier alpha value is 0.354. The van der Waals surface area contributed by atoms with Crippen LogP contribution in [0.15, 0.2) is 0 Å². The third-order valence-electron chi connectivity index (χ3n) is 2.85. The third kappa shape index (κ3) is 3.54. The van der Waals surface area contributed by atoms with Gasteiger partial charge in [0.2, 0.25) is 9.20 Å². The van der Waals surface area contributed by atoms with Crippen molar-refractivity contribution in [3.63, 3.8) is 0 Å². The van der Waals surface area contributed by atoms with Crippen molar-refractivity contribution in [3.05, 3.63) is 0 Å². The molecular formula is C9H25NOSi2. The number of rotatable bonds is 5. The van der Waals surface area contributed by atoms with Gasteiger partial charge >= 0.3 is 0 Å². The van der Waals surface area contributed by atoms with E-state index in [1.807, 2.05) is 7.11 Å². The summed E-state index contributed by atoms with van der Waals surface area (Å²) in [5.41, 5.74) is 0. The molecule has 0 amide bonds. The molecule has 13 heavy (non-hydrogen) atoms. The molecule has 80 valence electrons. The lowest BCUT2D eigenvalue weighted by Gasteiger charge is -2.42. The molecule has 0 radical (unpaired) electrons. The van der Waals surface area contributed by atoms with Crippen molar-refractivity contribution in [2.45, 2.75) is 52.5 Å². The molecule has 0 aliphatic carbocycles. The maximum absolute atomic E-state index is 5.56. The van der Waals surface area contributed by atoms with E-state index >= 15 is 0 Å². The van der Waals surface area contributed by atoms with Crippen LogP contribution in [0.1, 0.15) is 20.8 Å². The van der Waals surface area contributed by atoms with Crippen LogP contribution in [0, 0.1) is 0 Å². The SMILES string of the molecule is CC[Si](C)(C)N(C(C)C)[SiH](C)OC. The highest BCUT2D eigenvalue weighted by Gasteiger charge is 2.33. The van der Waals surface area contributed by atoms with Gasteiger partial charge in [-0.2, -0.15) is 0 Å². The second-order valence-electron chi connectivity index (χ2n) is 4.50. The summed E-state index contributed by atoms with van der Waals surface area (Å²) in [6.45, 7) is 14.0. The fraction of sp³-hybridized carbons (Fsp3) is 1.00. The van der Waals surface area contributed by atoms with Gasteiger partial charge < -0.3 is 8.66 Å². The highest BCUT2D eigenvalue weighted by molar-refractivity contribution is 6.82. The predicted molar refractivity (Wildman–Crippen MR) is 65.0 cm³/mol. The fourth-order valence-corrected chi connectivity index (χ4v) is 9.54. The summed E-state index contributed by atoms with van der Waals surface area (Å²) in [6.07, 6.45) is 0. The van der Waals surface area contributed by atoms with Gasteiger partial charge in [0, 0.05) is 7.11 Å². The molecule has 0 saturated carbocycles. The van der Waals surface area contributed by atoms with Crippen molar-refractivity contribution >= 4 is 17.4 Å². The first-order valence-corrected chi connectivity index (χ1v) is 10.5. The van der Waals surface area contributed by atoms with Gasteiger partial charge in [0.1, 0.15) is 8.24 Å². The lowest BCUT2D eigenvalue weighted by atomic mass is 10.4. The summed E-state index contributed by atoms with van der Waals surface area (Å²) >= 11 is 0.